The first-order valence-corrected chi connectivity index (χ1v) is 6.84. The van der Waals surface area contributed by atoms with Gasteiger partial charge in [0.2, 0.25) is 0 Å². The van der Waals surface area contributed by atoms with Gasteiger partial charge < -0.3 is 9.47 Å². The number of rotatable bonds is 6. The molecule has 0 spiro atoms. The van der Waals surface area contributed by atoms with E-state index in [0.29, 0.717) is 23.7 Å². The summed E-state index contributed by atoms with van der Waals surface area (Å²) in [6.45, 7) is 6.25. The second kappa shape index (κ2) is 7.68. The van der Waals surface area contributed by atoms with Crippen molar-refractivity contribution < 1.29 is 19.1 Å². The molecule has 110 valence electrons. The Bertz CT molecular complexity index is 477. The van der Waals surface area contributed by atoms with E-state index in [9.17, 15) is 9.59 Å². The first kappa shape index (κ1) is 16.2. The normalized spacial score (nSPS) is 10.4. The molecule has 0 radical (unpaired) electrons. The number of carbonyl (C=O) groups is 2. The molecule has 0 aliphatic carbocycles. The minimum atomic E-state index is -0.373. The van der Waals surface area contributed by atoms with Crippen molar-refractivity contribution in [2.24, 2.45) is 5.92 Å². The van der Waals surface area contributed by atoms with E-state index in [2.05, 4.69) is 18.6 Å². The smallest absolute Gasteiger partial charge is 0.338 e. The van der Waals surface area contributed by atoms with Crippen LogP contribution in [0.1, 0.15) is 42.3 Å². The number of esters is 2. The third kappa shape index (κ3) is 4.37. The Kier molecular flexibility index (Phi) is 6.22. The van der Waals surface area contributed by atoms with Crippen molar-refractivity contribution in [3.8, 4) is 0 Å². The Morgan fingerprint density at radius 2 is 1.85 bits per heavy atom. The van der Waals surface area contributed by atoms with Crippen molar-refractivity contribution in [2.75, 3.05) is 13.7 Å². The quantitative estimate of drug-likeness (QED) is 0.751. The van der Waals surface area contributed by atoms with Crippen LogP contribution in [0.3, 0.4) is 0 Å². The highest BCUT2D eigenvalue weighted by Gasteiger charge is 2.19. The first-order chi connectivity index (χ1) is 9.49. The van der Waals surface area contributed by atoms with Crippen LogP contribution in [0.4, 0.5) is 0 Å². The molecule has 0 aromatic heterocycles. The molecule has 0 heterocycles. The second-order valence-electron chi connectivity index (χ2n) is 5.02. The summed E-state index contributed by atoms with van der Waals surface area (Å²) in [5.41, 5.74) is 2.08. The Morgan fingerprint density at radius 3 is 2.40 bits per heavy atom. The molecular weight excluding hydrogens is 256 g/mol. The zero-order valence-corrected chi connectivity index (χ0v) is 12.6. The van der Waals surface area contributed by atoms with Crippen molar-refractivity contribution in [3.05, 3.63) is 34.9 Å². The van der Waals surface area contributed by atoms with Gasteiger partial charge in [0.25, 0.3) is 0 Å². The van der Waals surface area contributed by atoms with Gasteiger partial charge in [-0.15, -0.1) is 0 Å². The van der Waals surface area contributed by atoms with Crippen molar-refractivity contribution >= 4 is 11.9 Å². The number of benzene rings is 1. The fraction of sp³-hybridized carbons (Fsp3) is 0.500. The number of carbonyl (C=O) groups excluding carboxylic acids is 2. The van der Waals surface area contributed by atoms with Gasteiger partial charge in [-0.1, -0.05) is 32.0 Å². The van der Waals surface area contributed by atoms with Crippen LogP contribution in [0.5, 0.6) is 0 Å². The summed E-state index contributed by atoms with van der Waals surface area (Å²) in [6.07, 6.45) is 0.847. The number of ether oxygens (including phenoxy) is 2. The van der Waals surface area contributed by atoms with Crippen molar-refractivity contribution in [1.82, 2.24) is 0 Å². The second-order valence-corrected chi connectivity index (χ2v) is 5.02. The molecule has 1 rings (SSSR count). The monoisotopic (exact) mass is 278 g/mol. The lowest BCUT2D eigenvalue weighted by molar-refractivity contribution is -0.139. The predicted molar refractivity (Wildman–Crippen MR) is 76.7 cm³/mol. The predicted octanol–water partition coefficient (Wildman–Crippen LogP) is 2.78. The van der Waals surface area contributed by atoms with E-state index in [1.807, 2.05) is 12.1 Å². The molecule has 0 N–H and O–H groups in total. The van der Waals surface area contributed by atoms with Crippen LogP contribution in [0.25, 0.3) is 0 Å². The van der Waals surface area contributed by atoms with E-state index >= 15 is 0 Å². The van der Waals surface area contributed by atoms with Gasteiger partial charge in [0.05, 0.1) is 25.7 Å². The molecule has 0 amide bonds. The van der Waals surface area contributed by atoms with E-state index in [0.717, 1.165) is 12.0 Å². The maximum Gasteiger partial charge on any atom is 0.338 e. The molecule has 0 unspecified atom stereocenters. The average Bonchev–Trinajstić information content (AvgIpc) is 2.38. The van der Waals surface area contributed by atoms with Crippen LogP contribution in [-0.4, -0.2) is 25.7 Å². The van der Waals surface area contributed by atoms with Gasteiger partial charge in [-0.3, -0.25) is 4.79 Å². The maximum atomic E-state index is 12.2. The molecule has 0 saturated heterocycles. The van der Waals surface area contributed by atoms with E-state index in [1.54, 1.807) is 13.0 Å². The third-order valence-electron chi connectivity index (χ3n) is 2.91. The fourth-order valence-corrected chi connectivity index (χ4v) is 2.10. The van der Waals surface area contributed by atoms with Gasteiger partial charge in [0.15, 0.2) is 0 Å². The molecule has 0 aliphatic heterocycles. The topological polar surface area (TPSA) is 52.6 Å². The van der Waals surface area contributed by atoms with Crippen molar-refractivity contribution in [3.63, 3.8) is 0 Å². The Morgan fingerprint density at radius 1 is 1.20 bits per heavy atom. The first-order valence-electron chi connectivity index (χ1n) is 6.84. The third-order valence-corrected chi connectivity index (χ3v) is 2.91. The molecular formula is C16H22O4. The summed E-state index contributed by atoms with van der Waals surface area (Å²) in [5, 5.41) is 0. The molecule has 0 atom stereocenters. The molecule has 1 aromatic rings. The molecule has 0 saturated carbocycles. The molecule has 0 fully saturated rings. The van der Waals surface area contributed by atoms with Crippen molar-refractivity contribution in [2.45, 2.75) is 33.6 Å². The fourth-order valence-electron chi connectivity index (χ4n) is 2.10. The van der Waals surface area contributed by atoms with E-state index < -0.39 is 0 Å². The average molecular weight is 278 g/mol. The number of hydrogen-bond acceptors (Lipinski definition) is 4. The van der Waals surface area contributed by atoms with Gasteiger partial charge in [0, 0.05) is 0 Å². The standard InChI is InChI=1S/C16H22O4/c1-5-20-16(18)15-12(9-11(2)3)7-6-8-13(15)10-14(17)19-4/h6-8,11H,5,9-10H2,1-4H3. The lowest BCUT2D eigenvalue weighted by atomic mass is 9.93. The molecule has 1 aromatic carbocycles. The highest BCUT2D eigenvalue weighted by atomic mass is 16.5. The maximum absolute atomic E-state index is 12.2. The van der Waals surface area contributed by atoms with Gasteiger partial charge in [-0.05, 0) is 30.4 Å². The van der Waals surface area contributed by atoms with Crippen molar-refractivity contribution in [1.29, 1.82) is 0 Å². The summed E-state index contributed by atoms with van der Waals surface area (Å²) in [5.74, 6) is -0.323. The minimum Gasteiger partial charge on any atom is -0.469 e. The van der Waals surface area contributed by atoms with E-state index in [-0.39, 0.29) is 18.4 Å². The van der Waals surface area contributed by atoms with Gasteiger partial charge in [-0.25, -0.2) is 4.79 Å². The Hall–Kier alpha value is -1.84. The SMILES string of the molecule is CCOC(=O)c1c(CC(=O)OC)cccc1CC(C)C. The highest BCUT2D eigenvalue weighted by molar-refractivity contribution is 5.94. The van der Waals surface area contributed by atoms with E-state index in [1.165, 1.54) is 7.11 Å². The zero-order valence-electron chi connectivity index (χ0n) is 12.6. The minimum absolute atomic E-state index is 0.0799. The highest BCUT2D eigenvalue weighted by Crippen LogP contribution is 2.20. The molecule has 0 aliphatic rings. The van der Waals surface area contributed by atoms with Crippen LogP contribution < -0.4 is 0 Å². The lowest BCUT2D eigenvalue weighted by Gasteiger charge is -2.14. The van der Waals surface area contributed by atoms with Crippen LogP contribution in [0.2, 0.25) is 0 Å². The molecule has 4 heteroatoms. The Balaban J connectivity index is 3.20. The summed E-state index contributed by atoms with van der Waals surface area (Å²) >= 11 is 0. The van der Waals surface area contributed by atoms with E-state index in [4.69, 9.17) is 4.74 Å². The Labute approximate surface area is 120 Å². The summed E-state index contributed by atoms with van der Waals surface area (Å²) in [7, 11) is 1.34. The number of hydrogen-bond donors (Lipinski definition) is 0. The van der Waals surface area contributed by atoms with Crippen LogP contribution >= 0.6 is 0 Å². The zero-order chi connectivity index (χ0) is 15.1. The largest absolute Gasteiger partial charge is 0.469 e. The molecule has 0 bridgehead atoms. The number of methoxy groups -OCH3 is 1. The van der Waals surface area contributed by atoms with Crippen LogP contribution in [0, 0.1) is 5.92 Å². The lowest BCUT2D eigenvalue weighted by Crippen LogP contribution is -2.15. The van der Waals surface area contributed by atoms with Gasteiger partial charge >= 0.3 is 11.9 Å². The van der Waals surface area contributed by atoms with Crippen LogP contribution in [-0.2, 0) is 27.1 Å². The molecule has 20 heavy (non-hydrogen) atoms. The molecule has 4 nitrogen and oxygen atoms in total. The van der Waals surface area contributed by atoms with Gasteiger partial charge in [-0.2, -0.15) is 0 Å². The summed E-state index contributed by atoms with van der Waals surface area (Å²) in [4.78, 5) is 23.6. The summed E-state index contributed by atoms with van der Waals surface area (Å²) in [6, 6.07) is 5.54. The van der Waals surface area contributed by atoms with Crippen LogP contribution in [0.15, 0.2) is 18.2 Å². The van der Waals surface area contributed by atoms with Gasteiger partial charge in [0.1, 0.15) is 0 Å². The summed E-state index contributed by atoms with van der Waals surface area (Å²) < 4.78 is 9.79.